The highest BCUT2D eigenvalue weighted by molar-refractivity contribution is 5.31. The Balaban J connectivity index is 1.96. The fourth-order valence-corrected chi connectivity index (χ4v) is 3.58. The minimum atomic E-state index is 0.125. The van der Waals surface area contributed by atoms with E-state index in [0.717, 1.165) is 0 Å². The Bertz CT molecular complexity index is 501. The second-order valence-electron chi connectivity index (χ2n) is 5.78. The fourth-order valence-electron chi connectivity index (χ4n) is 3.58. The zero-order valence-corrected chi connectivity index (χ0v) is 12.1. The quantitative estimate of drug-likeness (QED) is 0.904. The molecule has 1 fully saturated rings. The molecule has 104 valence electrons. The third kappa shape index (κ3) is 2.15. The number of nitrogens with zero attached hydrogens (tertiary/aromatic N) is 1. The van der Waals surface area contributed by atoms with Crippen molar-refractivity contribution in [3.8, 4) is 0 Å². The highest BCUT2D eigenvalue weighted by Crippen LogP contribution is 2.42. The number of benzene rings is 2. The van der Waals surface area contributed by atoms with Crippen molar-refractivity contribution in [2.24, 2.45) is 5.73 Å². The molecule has 2 aromatic rings. The second-order valence-corrected chi connectivity index (χ2v) is 5.78. The predicted molar refractivity (Wildman–Crippen MR) is 83.6 cm³/mol. The van der Waals surface area contributed by atoms with E-state index in [-0.39, 0.29) is 12.1 Å². The Morgan fingerprint density at radius 3 is 1.90 bits per heavy atom. The maximum Gasteiger partial charge on any atom is 0.0505 e. The number of likely N-dealkylation sites (N-methyl/N-ethyl adjacent to an activating group) is 1. The minimum Gasteiger partial charge on any atom is -0.325 e. The molecule has 20 heavy (non-hydrogen) atoms. The number of hydrogen-bond acceptors (Lipinski definition) is 2. The SMILES string of the molecule is C[C@H]1[C@H](c2ccccc2)[C@H](N)[C@@H](c2ccccc2)N1C. The van der Waals surface area contributed by atoms with Gasteiger partial charge in [-0.05, 0) is 25.1 Å². The van der Waals surface area contributed by atoms with Gasteiger partial charge in [0.1, 0.15) is 0 Å². The lowest BCUT2D eigenvalue weighted by Crippen LogP contribution is -2.32. The molecule has 0 aromatic heterocycles. The van der Waals surface area contributed by atoms with Crippen molar-refractivity contribution < 1.29 is 0 Å². The summed E-state index contributed by atoms with van der Waals surface area (Å²) in [6, 6.07) is 22.1. The van der Waals surface area contributed by atoms with E-state index >= 15 is 0 Å². The Labute approximate surface area is 121 Å². The van der Waals surface area contributed by atoms with Gasteiger partial charge in [-0.15, -0.1) is 0 Å². The molecular weight excluding hydrogens is 244 g/mol. The van der Waals surface area contributed by atoms with Gasteiger partial charge in [-0.2, -0.15) is 0 Å². The Kier molecular flexibility index (Phi) is 3.60. The van der Waals surface area contributed by atoms with Crippen LogP contribution in [0.5, 0.6) is 0 Å². The van der Waals surface area contributed by atoms with Crippen molar-refractivity contribution in [1.82, 2.24) is 4.90 Å². The van der Waals surface area contributed by atoms with Crippen LogP contribution in [0.1, 0.15) is 30.0 Å². The van der Waals surface area contributed by atoms with Crippen molar-refractivity contribution in [3.05, 3.63) is 71.8 Å². The Morgan fingerprint density at radius 2 is 1.35 bits per heavy atom. The van der Waals surface area contributed by atoms with Gasteiger partial charge in [-0.1, -0.05) is 60.7 Å². The van der Waals surface area contributed by atoms with Gasteiger partial charge in [0.2, 0.25) is 0 Å². The first-order chi connectivity index (χ1) is 9.70. The van der Waals surface area contributed by atoms with Crippen LogP contribution in [-0.4, -0.2) is 24.0 Å². The Morgan fingerprint density at radius 1 is 0.850 bits per heavy atom. The smallest absolute Gasteiger partial charge is 0.0505 e. The maximum absolute atomic E-state index is 6.63. The maximum atomic E-state index is 6.63. The second kappa shape index (κ2) is 5.39. The van der Waals surface area contributed by atoms with Crippen LogP contribution >= 0.6 is 0 Å². The highest BCUT2D eigenvalue weighted by Gasteiger charge is 2.44. The van der Waals surface area contributed by atoms with Crippen LogP contribution in [-0.2, 0) is 0 Å². The molecule has 1 aliphatic heterocycles. The molecule has 0 unspecified atom stereocenters. The lowest BCUT2D eigenvalue weighted by molar-refractivity contribution is 0.247. The first-order valence-corrected chi connectivity index (χ1v) is 7.27. The predicted octanol–water partition coefficient (Wildman–Crippen LogP) is 3.17. The standard InChI is InChI=1S/C18H22N2/c1-13-16(14-9-5-3-6-10-14)17(19)18(20(13)2)15-11-7-4-8-12-15/h3-13,16-18H,19H2,1-2H3/t13-,16+,17-,18+/m0/s1. The van der Waals surface area contributed by atoms with Crippen LogP contribution in [0.15, 0.2) is 60.7 Å². The molecule has 0 radical (unpaired) electrons. The summed E-state index contributed by atoms with van der Waals surface area (Å²) in [5.41, 5.74) is 9.28. The first-order valence-electron chi connectivity index (χ1n) is 7.27. The number of nitrogens with two attached hydrogens (primary N) is 1. The summed E-state index contributed by atoms with van der Waals surface area (Å²) < 4.78 is 0. The van der Waals surface area contributed by atoms with Crippen molar-refractivity contribution in [2.45, 2.75) is 31.0 Å². The molecule has 0 spiro atoms. The van der Waals surface area contributed by atoms with Crippen LogP contribution in [0.2, 0.25) is 0 Å². The minimum absolute atomic E-state index is 0.125. The molecule has 2 nitrogen and oxygen atoms in total. The van der Waals surface area contributed by atoms with Gasteiger partial charge in [-0.3, -0.25) is 4.90 Å². The lowest BCUT2D eigenvalue weighted by Gasteiger charge is -2.25. The summed E-state index contributed by atoms with van der Waals surface area (Å²) in [6.07, 6.45) is 0. The average Bonchev–Trinajstić information content (AvgIpc) is 2.71. The van der Waals surface area contributed by atoms with Gasteiger partial charge < -0.3 is 5.73 Å². The largest absolute Gasteiger partial charge is 0.325 e. The highest BCUT2D eigenvalue weighted by atomic mass is 15.2. The zero-order chi connectivity index (χ0) is 14.1. The van der Waals surface area contributed by atoms with Crippen LogP contribution in [0.4, 0.5) is 0 Å². The van der Waals surface area contributed by atoms with Gasteiger partial charge in [0.05, 0.1) is 6.04 Å². The fraction of sp³-hybridized carbons (Fsp3) is 0.333. The molecule has 4 atom stereocenters. The van der Waals surface area contributed by atoms with E-state index in [2.05, 4.69) is 79.5 Å². The molecule has 0 saturated carbocycles. The van der Waals surface area contributed by atoms with E-state index in [9.17, 15) is 0 Å². The topological polar surface area (TPSA) is 29.3 Å². The van der Waals surface area contributed by atoms with E-state index < -0.39 is 0 Å². The summed E-state index contributed by atoms with van der Waals surface area (Å²) in [6.45, 7) is 2.28. The van der Waals surface area contributed by atoms with Gasteiger partial charge >= 0.3 is 0 Å². The summed E-state index contributed by atoms with van der Waals surface area (Å²) in [7, 11) is 2.19. The summed E-state index contributed by atoms with van der Waals surface area (Å²) >= 11 is 0. The van der Waals surface area contributed by atoms with Gasteiger partial charge in [0, 0.05) is 18.0 Å². The molecule has 1 heterocycles. The molecule has 3 rings (SSSR count). The van der Waals surface area contributed by atoms with Crippen molar-refractivity contribution in [3.63, 3.8) is 0 Å². The monoisotopic (exact) mass is 266 g/mol. The molecule has 2 heteroatoms. The molecule has 2 N–H and O–H groups in total. The normalized spacial score (nSPS) is 30.6. The van der Waals surface area contributed by atoms with Crippen molar-refractivity contribution >= 4 is 0 Å². The third-order valence-corrected chi connectivity index (χ3v) is 4.71. The van der Waals surface area contributed by atoms with Gasteiger partial charge in [0.15, 0.2) is 0 Å². The molecule has 0 amide bonds. The third-order valence-electron chi connectivity index (χ3n) is 4.71. The summed E-state index contributed by atoms with van der Waals surface area (Å²) in [5.74, 6) is 0.381. The molecule has 2 aromatic carbocycles. The van der Waals surface area contributed by atoms with Gasteiger partial charge in [-0.25, -0.2) is 0 Å². The van der Waals surface area contributed by atoms with E-state index in [1.54, 1.807) is 0 Å². The van der Waals surface area contributed by atoms with Crippen molar-refractivity contribution in [2.75, 3.05) is 7.05 Å². The van der Waals surface area contributed by atoms with E-state index in [4.69, 9.17) is 5.73 Å². The molecule has 1 saturated heterocycles. The number of hydrogen-bond donors (Lipinski definition) is 1. The van der Waals surface area contributed by atoms with Crippen molar-refractivity contribution in [1.29, 1.82) is 0 Å². The van der Waals surface area contributed by atoms with E-state index in [0.29, 0.717) is 12.0 Å². The van der Waals surface area contributed by atoms with Crippen LogP contribution in [0, 0.1) is 0 Å². The van der Waals surface area contributed by atoms with E-state index in [1.165, 1.54) is 11.1 Å². The Hall–Kier alpha value is -1.64. The van der Waals surface area contributed by atoms with Crippen LogP contribution < -0.4 is 5.73 Å². The first kappa shape index (κ1) is 13.3. The number of rotatable bonds is 2. The lowest BCUT2D eigenvalue weighted by atomic mass is 9.86. The molecular formula is C18H22N2. The number of likely N-dealkylation sites (tertiary alicyclic amines) is 1. The van der Waals surface area contributed by atoms with E-state index in [1.807, 2.05) is 0 Å². The summed E-state index contributed by atoms with van der Waals surface area (Å²) in [4.78, 5) is 2.41. The molecule has 0 bridgehead atoms. The average molecular weight is 266 g/mol. The van der Waals surface area contributed by atoms with Crippen LogP contribution in [0.3, 0.4) is 0 Å². The van der Waals surface area contributed by atoms with Crippen LogP contribution in [0.25, 0.3) is 0 Å². The zero-order valence-electron chi connectivity index (χ0n) is 12.1. The van der Waals surface area contributed by atoms with Gasteiger partial charge in [0.25, 0.3) is 0 Å². The molecule has 1 aliphatic rings. The molecule has 0 aliphatic carbocycles. The summed E-state index contributed by atoms with van der Waals surface area (Å²) in [5, 5.41) is 0.